The maximum absolute atomic E-state index is 6.84. The fraction of sp³-hybridized carbons (Fsp3) is 0.296. The van der Waals surface area contributed by atoms with Crippen LogP contribution >= 0.6 is 11.6 Å². The van der Waals surface area contributed by atoms with Gasteiger partial charge >= 0.3 is 0 Å². The molecular weight excluding hydrogens is 458 g/mol. The molecule has 1 atom stereocenters. The lowest BCUT2D eigenvalue weighted by molar-refractivity contribution is 0.187. The van der Waals surface area contributed by atoms with Gasteiger partial charge in [-0.3, -0.25) is 9.50 Å². The van der Waals surface area contributed by atoms with Crippen LogP contribution in [0.15, 0.2) is 55.0 Å². The molecule has 4 heterocycles. The second-order valence-electron chi connectivity index (χ2n) is 9.96. The second kappa shape index (κ2) is 7.54. The summed E-state index contributed by atoms with van der Waals surface area (Å²) in [5, 5.41) is 8.94. The van der Waals surface area contributed by atoms with Crippen molar-refractivity contribution >= 4 is 33.8 Å². The number of fused-ring (bicyclic) bond motifs is 3. The zero-order valence-corrected chi connectivity index (χ0v) is 20.3. The first kappa shape index (κ1) is 20.9. The molecule has 0 unspecified atom stereocenters. The maximum Gasteiger partial charge on any atom is 0.154 e. The van der Waals surface area contributed by atoms with E-state index in [-0.39, 0.29) is 11.5 Å². The smallest absolute Gasteiger partial charge is 0.154 e. The van der Waals surface area contributed by atoms with E-state index in [9.17, 15) is 0 Å². The van der Waals surface area contributed by atoms with Gasteiger partial charge in [0.05, 0.1) is 16.7 Å². The third-order valence-corrected chi connectivity index (χ3v) is 8.56. The predicted octanol–water partition coefficient (Wildman–Crippen LogP) is 5.08. The molecule has 1 aliphatic carbocycles. The number of nitrogens with one attached hydrogen (secondary N) is 1. The SMILES string of the molecule is Cc1[nH]nc2ccc(-c3ncc4c(N5CCC6(CC5)Cc5ccccc5[C@H]6N)nccn34)c(Cl)c12. The highest BCUT2D eigenvalue weighted by atomic mass is 35.5. The lowest BCUT2D eigenvalue weighted by Crippen LogP contribution is -2.44. The summed E-state index contributed by atoms with van der Waals surface area (Å²) in [7, 11) is 0. The van der Waals surface area contributed by atoms with E-state index in [0.717, 1.165) is 71.7 Å². The van der Waals surface area contributed by atoms with Gasteiger partial charge in [-0.15, -0.1) is 0 Å². The Morgan fingerprint density at radius 1 is 1.11 bits per heavy atom. The van der Waals surface area contributed by atoms with Gasteiger partial charge in [0, 0.05) is 48.2 Å². The molecule has 7 rings (SSSR count). The van der Waals surface area contributed by atoms with Gasteiger partial charge in [0.2, 0.25) is 0 Å². The van der Waals surface area contributed by atoms with Gasteiger partial charge < -0.3 is 10.6 Å². The predicted molar refractivity (Wildman–Crippen MR) is 139 cm³/mol. The molecule has 7 nitrogen and oxygen atoms in total. The van der Waals surface area contributed by atoms with Crippen LogP contribution in [0.25, 0.3) is 27.8 Å². The normalized spacial score (nSPS) is 19.2. The number of imidazole rings is 1. The average Bonchev–Trinajstić information content (AvgIpc) is 3.55. The molecule has 5 aromatic rings. The highest BCUT2D eigenvalue weighted by Crippen LogP contribution is 2.51. The molecule has 0 amide bonds. The van der Waals surface area contributed by atoms with E-state index in [0.29, 0.717) is 5.02 Å². The standard InChI is InChI=1S/C27H26ClN7/c1-16-22-20(33-32-16)7-6-19(23(22)28)25-31-15-21-26(30-10-13-35(21)25)34-11-8-27(9-12-34)14-17-4-2-3-5-18(17)24(27)29/h2-7,10,13,15,24H,8-9,11-12,14,29H2,1H3,(H,32,33)/t24-/m1/s1. The van der Waals surface area contributed by atoms with E-state index in [1.165, 1.54) is 11.1 Å². The lowest BCUT2D eigenvalue weighted by Gasteiger charge is -2.42. The van der Waals surface area contributed by atoms with Crippen LogP contribution < -0.4 is 10.6 Å². The van der Waals surface area contributed by atoms with Gasteiger partial charge in [0.1, 0.15) is 11.3 Å². The van der Waals surface area contributed by atoms with Crippen LogP contribution in [0.1, 0.15) is 35.7 Å². The lowest BCUT2D eigenvalue weighted by atomic mass is 9.73. The molecule has 1 saturated heterocycles. The van der Waals surface area contributed by atoms with Gasteiger partial charge in [-0.2, -0.15) is 5.10 Å². The van der Waals surface area contributed by atoms with E-state index in [4.69, 9.17) is 27.3 Å². The van der Waals surface area contributed by atoms with Gasteiger partial charge in [-0.05, 0) is 54.9 Å². The largest absolute Gasteiger partial charge is 0.355 e. The number of H-pyrrole nitrogens is 1. The Morgan fingerprint density at radius 2 is 1.94 bits per heavy atom. The molecule has 3 N–H and O–H groups in total. The summed E-state index contributed by atoms with van der Waals surface area (Å²) in [6, 6.07) is 12.7. The van der Waals surface area contributed by atoms with Crippen molar-refractivity contribution in [1.82, 2.24) is 24.6 Å². The van der Waals surface area contributed by atoms with Gasteiger partial charge in [-0.25, -0.2) is 9.97 Å². The molecule has 1 aliphatic heterocycles. The second-order valence-corrected chi connectivity index (χ2v) is 10.3. The number of nitrogens with zero attached hydrogens (tertiary/aromatic N) is 5. The van der Waals surface area contributed by atoms with Gasteiger partial charge in [0.15, 0.2) is 5.82 Å². The van der Waals surface area contributed by atoms with E-state index in [1.807, 2.05) is 37.6 Å². The van der Waals surface area contributed by atoms with Crippen molar-refractivity contribution in [3.63, 3.8) is 0 Å². The van der Waals surface area contributed by atoms with Crippen molar-refractivity contribution in [2.75, 3.05) is 18.0 Å². The Bertz CT molecular complexity index is 1590. The van der Waals surface area contributed by atoms with E-state index < -0.39 is 0 Å². The molecule has 2 aliphatic rings. The van der Waals surface area contributed by atoms with Crippen molar-refractivity contribution in [3.05, 3.63) is 76.8 Å². The number of nitrogens with two attached hydrogens (primary N) is 1. The van der Waals surface area contributed by atoms with E-state index in [2.05, 4.69) is 43.8 Å². The Kier molecular flexibility index (Phi) is 4.50. The van der Waals surface area contributed by atoms with E-state index in [1.54, 1.807) is 0 Å². The molecule has 1 fully saturated rings. The summed E-state index contributed by atoms with van der Waals surface area (Å²) >= 11 is 6.84. The number of aromatic nitrogens is 5. The highest BCUT2D eigenvalue weighted by Gasteiger charge is 2.46. The number of hydrogen-bond donors (Lipinski definition) is 2. The number of halogens is 1. The summed E-state index contributed by atoms with van der Waals surface area (Å²) in [4.78, 5) is 11.9. The summed E-state index contributed by atoms with van der Waals surface area (Å²) < 4.78 is 2.09. The van der Waals surface area contributed by atoms with Crippen LogP contribution in [0.5, 0.6) is 0 Å². The van der Waals surface area contributed by atoms with Crippen molar-refractivity contribution < 1.29 is 0 Å². The summed E-state index contributed by atoms with van der Waals surface area (Å²) in [5.74, 6) is 1.76. The van der Waals surface area contributed by atoms with Crippen LogP contribution in [-0.4, -0.2) is 37.7 Å². The zero-order chi connectivity index (χ0) is 23.7. The summed E-state index contributed by atoms with van der Waals surface area (Å²) in [5.41, 5.74) is 13.3. The third-order valence-electron chi connectivity index (χ3n) is 8.17. The van der Waals surface area contributed by atoms with Gasteiger partial charge in [-0.1, -0.05) is 35.9 Å². The van der Waals surface area contributed by atoms with Crippen molar-refractivity contribution in [2.45, 2.75) is 32.2 Å². The third kappa shape index (κ3) is 2.98. The van der Waals surface area contributed by atoms with Crippen molar-refractivity contribution in [1.29, 1.82) is 0 Å². The minimum atomic E-state index is 0.106. The number of benzene rings is 2. The first-order chi connectivity index (χ1) is 17.1. The fourth-order valence-corrected chi connectivity index (χ4v) is 6.60. The molecule has 35 heavy (non-hydrogen) atoms. The monoisotopic (exact) mass is 483 g/mol. The molecule has 0 radical (unpaired) electrons. The minimum absolute atomic E-state index is 0.106. The van der Waals surface area contributed by atoms with Crippen LogP contribution in [0.4, 0.5) is 5.82 Å². The molecular formula is C27H26ClN7. The van der Waals surface area contributed by atoms with Crippen molar-refractivity contribution in [3.8, 4) is 11.4 Å². The van der Waals surface area contributed by atoms with Crippen LogP contribution in [-0.2, 0) is 6.42 Å². The Balaban J connectivity index is 1.22. The maximum atomic E-state index is 6.84. The molecule has 0 saturated carbocycles. The molecule has 3 aromatic heterocycles. The number of anilines is 1. The minimum Gasteiger partial charge on any atom is -0.355 e. The molecule has 176 valence electrons. The quantitative estimate of drug-likeness (QED) is 0.365. The molecule has 0 bridgehead atoms. The Labute approximate surface area is 207 Å². The van der Waals surface area contributed by atoms with Crippen LogP contribution in [0.2, 0.25) is 5.02 Å². The number of aryl methyl sites for hydroxylation is 1. The molecule has 2 aromatic carbocycles. The van der Waals surface area contributed by atoms with Gasteiger partial charge in [0.25, 0.3) is 0 Å². The summed E-state index contributed by atoms with van der Waals surface area (Å²) in [6.07, 6.45) is 8.89. The average molecular weight is 484 g/mol. The molecule has 1 spiro atoms. The van der Waals surface area contributed by atoms with Crippen LogP contribution in [0, 0.1) is 12.3 Å². The topological polar surface area (TPSA) is 88.1 Å². The number of hydrogen-bond acceptors (Lipinski definition) is 5. The number of rotatable bonds is 2. The zero-order valence-electron chi connectivity index (χ0n) is 19.5. The van der Waals surface area contributed by atoms with E-state index >= 15 is 0 Å². The Morgan fingerprint density at radius 3 is 2.77 bits per heavy atom. The summed E-state index contributed by atoms with van der Waals surface area (Å²) in [6.45, 7) is 3.83. The fourth-order valence-electron chi connectivity index (χ4n) is 6.21. The first-order valence-corrected chi connectivity index (χ1v) is 12.5. The van der Waals surface area contributed by atoms with Crippen LogP contribution in [0.3, 0.4) is 0 Å². The highest BCUT2D eigenvalue weighted by molar-refractivity contribution is 6.38. The Hall–Kier alpha value is -3.42. The first-order valence-electron chi connectivity index (χ1n) is 12.1. The number of piperidine rings is 1. The number of aromatic amines is 1. The molecule has 8 heteroatoms. The van der Waals surface area contributed by atoms with Crippen molar-refractivity contribution in [2.24, 2.45) is 11.1 Å².